The van der Waals surface area contributed by atoms with Gasteiger partial charge >= 0.3 is 5.97 Å². The summed E-state index contributed by atoms with van der Waals surface area (Å²) in [6.07, 6.45) is 6.54. The average molecular weight is 251 g/mol. The molecule has 5 heteroatoms. The summed E-state index contributed by atoms with van der Waals surface area (Å²) in [7, 11) is 0. The highest BCUT2D eigenvalue weighted by atomic mass is 16.5. The summed E-state index contributed by atoms with van der Waals surface area (Å²) in [5.41, 5.74) is 6.56. The van der Waals surface area contributed by atoms with Gasteiger partial charge in [0.1, 0.15) is 5.82 Å². The molecule has 0 amide bonds. The van der Waals surface area contributed by atoms with Crippen molar-refractivity contribution in [3.8, 4) is 0 Å². The number of nitrogens with zero attached hydrogens (tertiary/aromatic N) is 2. The third-order valence-electron chi connectivity index (χ3n) is 4.02. The Balaban J connectivity index is 2.13. The number of esters is 1. The van der Waals surface area contributed by atoms with Gasteiger partial charge in [-0.25, -0.2) is 9.78 Å². The molecule has 2 rings (SSSR count). The highest BCUT2D eigenvalue weighted by Gasteiger charge is 2.36. The Labute approximate surface area is 107 Å². The van der Waals surface area contributed by atoms with Gasteiger partial charge in [-0.1, -0.05) is 13.3 Å². The summed E-state index contributed by atoms with van der Waals surface area (Å²) >= 11 is 0. The van der Waals surface area contributed by atoms with E-state index in [0.29, 0.717) is 17.8 Å². The monoisotopic (exact) mass is 251 g/mol. The number of aromatic nitrogens is 2. The number of hydrogen-bond acceptors (Lipinski definition) is 4. The lowest BCUT2D eigenvalue weighted by Gasteiger charge is -2.41. The maximum absolute atomic E-state index is 11.6. The zero-order chi connectivity index (χ0) is 13.2. The lowest BCUT2D eigenvalue weighted by atomic mass is 9.67. The van der Waals surface area contributed by atoms with E-state index in [2.05, 4.69) is 11.9 Å². The fourth-order valence-electron chi connectivity index (χ4n) is 2.54. The molecule has 0 saturated heterocycles. The SMILES string of the molecule is CCOC(=O)c1ncn(CC2(CC)CCC2)c1N. The van der Waals surface area contributed by atoms with Crippen LogP contribution in [0.5, 0.6) is 0 Å². The van der Waals surface area contributed by atoms with Gasteiger partial charge in [-0.15, -0.1) is 0 Å². The number of nitrogen functional groups attached to an aromatic ring is 1. The van der Waals surface area contributed by atoms with Gasteiger partial charge in [-0.3, -0.25) is 0 Å². The minimum atomic E-state index is -0.437. The van der Waals surface area contributed by atoms with Crippen molar-refractivity contribution in [1.82, 2.24) is 9.55 Å². The van der Waals surface area contributed by atoms with Crippen LogP contribution in [-0.2, 0) is 11.3 Å². The van der Waals surface area contributed by atoms with Crippen molar-refractivity contribution in [2.75, 3.05) is 12.3 Å². The van der Waals surface area contributed by atoms with Crippen LogP contribution in [0.1, 0.15) is 50.0 Å². The Morgan fingerprint density at radius 3 is 2.78 bits per heavy atom. The highest BCUT2D eigenvalue weighted by molar-refractivity contribution is 5.92. The van der Waals surface area contributed by atoms with E-state index in [1.807, 2.05) is 4.57 Å². The van der Waals surface area contributed by atoms with Crippen LogP contribution >= 0.6 is 0 Å². The zero-order valence-electron chi connectivity index (χ0n) is 11.1. The lowest BCUT2D eigenvalue weighted by molar-refractivity contribution is 0.0521. The van der Waals surface area contributed by atoms with Crippen molar-refractivity contribution >= 4 is 11.8 Å². The number of nitrogens with two attached hydrogens (primary N) is 1. The molecule has 0 aromatic carbocycles. The molecular formula is C13H21N3O2. The maximum atomic E-state index is 11.6. The zero-order valence-corrected chi connectivity index (χ0v) is 11.1. The van der Waals surface area contributed by atoms with E-state index >= 15 is 0 Å². The molecule has 18 heavy (non-hydrogen) atoms. The van der Waals surface area contributed by atoms with E-state index in [0.717, 1.165) is 13.0 Å². The third-order valence-corrected chi connectivity index (χ3v) is 4.02. The van der Waals surface area contributed by atoms with Crippen LogP contribution in [0.2, 0.25) is 0 Å². The molecule has 0 spiro atoms. The Morgan fingerprint density at radius 2 is 2.28 bits per heavy atom. The van der Waals surface area contributed by atoms with E-state index in [1.165, 1.54) is 19.3 Å². The first-order valence-electron chi connectivity index (χ1n) is 6.59. The number of imidazole rings is 1. The minimum absolute atomic E-state index is 0.238. The molecule has 1 heterocycles. The van der Waals surface area contributed by atoms with Crippen molar-refractivity contribution in [1.29, 1.82) is 0 Å². The van der Waals surface area contributed by atoms with Crippen LogP contribution < -0.4 is 5.73 Å². The summed E-state index contributed by atoms with van der Waals surface area (Å²) in [5, 5.41) is 0. The van der Waals surface area contributed by atoms with Gasteiger partial charge in [0, 0.05) is 6.54 Å². The number of ether oxygens (including phenoxy) is 1. The molecule has 1 fully saturated rings. The Bertz CT molecular complexity index is 430. The molecule has 1 aliphatic carbocycles. The van der Waals surface area contributed by atoms with E-state index in [1.54, 1.807) is 13.3 Å². The van der Waals surface area contributed by atoms with Crippen LogP contribution in [0.25, 0.3) is 0 Å². The van der Waals surface area contributed by atoms with Crippen molar-refractivity contribution in [2.45, 2.75) is 46.1 Å². The van der Waals surface area contributed by atoms with Crippen LogP contribution in [-0.4, -0.2) is 22.1 Å². The fraction of sp³-hybridized carbons (Fsp3) is 0.692. The number of carbonyl (C=O) groups is 1. The van der Waals surface area contributed by atoms with Gasteiger partial charge < -0.3 is 15.0 Å². The van der Waals surface area contributed by atoms with Gasteiger partial charge in [0.2, 0.25) is 0 Å². The Hall–Kier alpha value is -1.52. The van der Waals surface area contributed by atoms with E-state index < -0.39 is 5.97 Å². The molecule has 0 bridgehead atoms. The summed E-state index contributed by atoms with van der Waals surface area (Å²) in [6.45, 7) is 5.16. The van der Waals surface area contributed by atoms with Crippen LogP contribution in [0.3, 0.4) is 0 Å². The van der Waals surface area contributed by atoms with Crippen molar-refractivity contribution in [3.63, 3.8) is 0 Å². The number of anilines is 1. The largest absolute Gasteiger partial charge is 0.461 e. The predicted molar refractivity (Wildman–Crippen MR) is 69.2 cm³/mol. The average Bonchev–Trinajstić information content (AvgIpc) is 2.66. The minimum Gasteiger partial charge on any atom is -0.461 e. The summed E-state index contributed by atoms with van der Waals surface area (Å²) in [4.78, 5) is 15.7. The highest BCUT2D eigenvalue weighted by Crippen LogP contribution is 2.45. The quantitative estimate of drug-likeness (QED) is 0.815. The van der Waals surface area contributed by atoms with Gasteiger partial charge in [-0.2, -0.15) is 0 Å². The topological polar surface area (TPSA) is 70.1 Å². The van der Waals surface area contributed by atoms with Crippen LogP contribution in [0.4, 0.5) is 5.82 Å². The summed E-state index contributed by atoms with van der Waals surface area (Å²) in [6, 6.07) is 0. The first-order chi connectivity index (χ1) is 8.62. The molecule has 1 saturated carbocycles. The molecule has 1 aliphatic rings. The first kappa shape index (κ1) is 12.9. The maximum Gasteiger partial charge on any atom is 0.360 e. The van der Waals surface area contributed by atoms with E-state index in [9.17, 15) is 4.79 Å². The Kier molecular flexibility index (Phi) is 3.59. The standard InChI is InChI=1S/C13H21N3O2/c1-3-13(6-5-7-13)8-16-9-15-10(11(16)14)12(17)18-4-2/h9H,3-8,14H2,1-2H3. The summed E-state index contributed by atoms with van der Waals surface area (Å²) in [5.74, 6) is -0.0129. The molecular weight excluding hydrogens is 230 g/mol. The smallest absolute Gasteiger partial charge is 0.360 e. The van der Waals surface area contributed by atoms with Crippen LogP contribution in [0.15, 0.2) is 6.33 Å². The van der Waals surface area contributed by atoms with Crippen molar-refractivity contribution in [3.05, 3.63) is 12.0 Å². The van der Waals surface area contributed by atoms with E-state index in [-0.39, 0.29) is 5.69 Å². The molecule has 0 radical (unpaired) electrons. The van der Waals surface area contributed by atoms with Gasteiger partial charge in [-0.05, 0) is 31.6 Å². The van der Waals surface area contributed by atoms with Gasteiger partial charge in [0.25, 0.3) is 0 Å². The molecule has 1 aromatic rings. The van der Waals surface area contributed by atoms with Gasteiger partial charge in [0.05, 0.1) is 12.9 Å². The predicted octanol–water partition coefficient (Wildman–Crippen LogP) is 2.22. The second-order valence-electron chi connectivity index (χ2n) is 5.03. The second kappa shape index (κ2) is 5.00. The second-order valence-corrected chi connectivity index (χ2v) is 5.03. The molecule has 1 aromatic heterocycles. The molecule has 100 valence electrons. The van der Waals surface area contributed by atoms with Crippen LogP contribution in [0, 0.1) is 5.41 Å². The molecule has 0 atom stereocenters. The number of hydrogen-bond donors (Lipinski definition) is 1. The molecule has 0 aliphatic heterocycles. The van der Waals surface area contributed by atoms with Gasteiger partial charge in [0.15, 0.2) is 5.69 Å². The normalized spacial score (nSPS) is 17.2. The van der Waals surface area contributed by atoms with E-state index in [4.69, 9.17) is 10.5 Å². The number of carbonyl (C=O) groups excluding carboxylic acids is 1. The lowest BCUT2D eigenvalue weighted by Crippen LogP contribution is -2.33. The van der Waals surface area contributed by atoms with Crippen molar-refractivity contribution < 1.29 is 9.53 Å². The Morgan fingerprint density at radius 1 is 1.56 bits per heavy atom. The molecule has 5 nitrogen and oxygen atoms in total. The third kappa shape index (κ3) is 2.21. The molecule has 0 unspecified atom stereocenters. The van der Waals surface area contributed by atoms with Crippen molar-refractivity contribution in [2.24, 2.45) is 5.41 Å². The molecule has 2 N–H and O–H groups in total. The fourth-order valence-corrected chi connectivity index (χ4v) is 2.54. The first-order valence-corrected chi connectivity index (χ1v) is 6.59. The number of rotatable bonds is 5. The summed E-state index contributed by atoms with van der Waals surface area (Å²) < 4.78 is 6.81.